The summed E-state index contributed by atoms with van der Waals surface area (Å²) < 4.78 is 0. The second-order valence-electron chi connectivity index (χ2n) is 7.07. The van der Waals surface area contributed by atoms with Gasteiger partial charge in [-0.1, -0.05) is 32.9 Å². The van der Waals surface area contributed by atoms with Gasteiger partial charge in [-0.05, 0) is 36.3 Å². The highest BCUT2D eigenvalue weighted by molar-refractivity contribution is 6.05. The number of carboxylic acid groups (broad SMARTS) is 1. The van der Waals surface area contributed by atoms with Crippen molar-refractivity contribution in [2.45, 2.75) is 33.6 Å². The van der Waals surface area contributed by atoms with Crippen molar-refractivity contribution in [3.8, 4) is 0 Å². The summed E-state index contributed by atoms with van der Waals surface area (Å²) in [5, 5.41) is 12.3. The molecule has 0 amide bonds. The first-order valence-corrected chi connectivity index (χ1v) is 7.63. The molecule has 0 radical (unpaired) electrons. The molecule has 2 aliphatic carbocycles. The minimum atomic E-state index is -0.979. The smallest absolute Gasteiger partial charge is 0.337 e. The standard InChI is InChI=1S/C18H21NO3/c1-17(2)13-8-9-18(17,3)15(20)12(13)10-19-14-7-5-4-6-11(14)16(21)22/h4-7,10,13,19H,8-9H2,1-3H3,(H,21,22)/b12-10-/t13-,18+/m0/s1. The Morgan fingerprint density at radius 1 is 1.32 bits per heavy atom. The molecule has 2 atom stereocenters. The van der Waals surface area contributed by atoms with Crippen LogP contribution in [0.25, 0.3) is 0 Å². The quantitative estimate of drug-likeness (QED) is 0.835. The minimum Gasteiger partial charge on any atom is -0.478 e. The van der Waals surface area contributed by atoms with E-state index in [1.807, 2.05) is 0 Å². The van der Waals surface area contributed by atoms with Crippen LogP contribution in [0.5, 0.6) is 0 Å². The Morgan fingerprint density at radius 3 is 2.59 bits per heavy atom. The Balaban J connectivity index is 1.93. The van der Waals surface area contributed by atoms with E-state index in [4.69, 9.17) is 0 Å². The minimum absolute atomic E-state index is 0.0378. The average Bonchev–Trinajstić information content (AvgIpc) is 2.78. The fourth-order valence-electron chi connectivity index (χ4n) is 4.04. The summed E-state index contributed by atoms with van der Waals surface area (Å²) in [4.78, 5) is 24.0. The van der Waals surface area contributed by atoms with Gasteiger partial charge in [0.05, 0.1) is 11.3 Å². The molecule has 4 heteroatoms. The molecule has 3 rings (SSSR count). The summed E-state index contributed by atoms with van der Waals surface area (Å²) >= 11 is 0. The van der Waals surface area contributed by atoms with E-state index in [-0.39, 0.29) is 28.1 Å². The van der Waals surface area contributed by atoms with Gasteiger partial charge in [0.2, 0.25) is 0 Å². The molecule has 2 fully saturated rings. The number of fused-ring (bicyclic) bond motifs is 2. The van der Waals surface area contributed by atoms with Gasteiger partial charge in [-0.25, -0.2) is 4.79 Å². The highest BCUT2D eigenvalue weighted by Crippen LogP contribution is 2.65. The molecule has 0 spiro atoms. The first-order valence-electron chi connectivity index (χ1n) is 7.63. The number of hydrogen-bond donors (Lipinski definition) is 2. The van der Waals surface area contributed by atoms with Crippen LogP contribution >= 0.6 is 0 Å². The first kappa shape index (κ1) is 14.8. The van der Waals surface area contributed by atoms with Crippen molar-refractivity contribution in [3.05, 3.63) is 41.6 Å². The van der Waals surface area contributed by atoms with Crippen LogP contribution in [0.2, 0.25) is 0 Å². The van der Waals surface area contributed by atoms with E-state index in [0.717, 1.165) is 18.4 Å². The highest BCUT2D eigenvalue weighted by Gasteiger charge is 2.63. The average molecular weight is 299 g/mol. The Hall–Kier alpha value is -2.10. The molecule has 4 nitrogen and oxygen atoms in total. The lowest BCUT2D eigenvalue weighted by molar-refractivity contribution is -0.125. The van der Waals surface area contributed by atoms with Crippen molar-refractivity contribution >= 4 is 17.4 Å². The summed E-state index contributed by atoms with van der Waals surface area (Å²) in [5.41, 5.74) is 1.20. The molecule has 0 heterocycles. The van der Waals surface area contributed by atoms with Gasteiger partial charge in [0.1, 0.15) is 0 Å². The molecule has 1 aromatic carbocycles. The van der Waals surface area contributed by atoms with Gasteiger partial charge in [0.25, 0.3) is 0 Å². The third-order valence-electron chi connectivity index (χ3n) is 5.91. The zero-order valence-corrected chi connectivity index (χ0v) is 13.1. The maximum Gasteiger partial charge on any atom is 0.337 e. The number of Topliss-reactive ketones (excluding diaryl/α,β-unsaturated/α-hetero) is 1. The van der Waals surface area contributed by atoms with Crippen LogP contribution in [0.1, 0.15) is 44.0 Å². The number of nitrogens with one attached hydrogen (secondary N) is 1. The Kier molecular flexibility index (Phi) is 3.17. The second-order valence-corrected chi connectivity index (χ2v) is 7.07. The normalized spacial score (nSPS) is 30.8. The molecular formula is C18H21NO3. The van der Waals surface area contributed by atoms with Crippen molar-refractivity contribution in [2.24, 2.45) is 16.7 Å². The molecule has 0 unspecified atom stereocenters. The number of allylic oxidation sites excluding steroid dienone is 1. The third kappa shape index (κ3) is 1.83. The number of aromatic carboxylic acids is 1. The van der Waals surface area contributed by atoms with Gasteiger partial charge in [0.15, 0.2) is 5.78 Å². The van der Waals surface area contributed by atoms with E-state index in [0.29, 0.717) is 5.69 Å². The maximum atomic E-state index is 12.7. The molecule has 0 saturated heterocycles. The molecule has 2 saturated carbocycles. The molecule has 116 valence electrons. The zero-order valence-electron chi connectivity index (χ0n) is 13.1. The van der Waals surface area contributed by atoms with Crippen LogP contribution in [-0.2, 0) is 4.79 Å². The predicted molar refractivity (Wildman–Crippen MR) is 84.7 cm³/mol. The van der Waals surface area contributed by atoms with Gasteiger partial charge in [-0.15, -0.1) is 0 Å². The molecule has 0 aromatic heterocycles. The molecule has 1 aromatic rings. The predicted octanol–water partition coefficient (Wildman–Crippen LogP) is 3.71. The van der Waals surface area contributed by atoms with Crippen LogP contribution in [0.15, 0.2) is 36.0 Å². The number of rotatable bonds is 3. The number of carboxylic acids is 1. The first-order chi connectivity index (χ1) is 10.3. The summed E-state index contributed by atoms with van der Waals surface area (Å²) in [6, 6.07) is 6.73. The van der Waals surface area contributed by atoms with Crippen LogP contribution < -0.4 is 5.32 Å². The molecule has 2 bridgehead atoms. The largest absolute Gasteiger partial charge is 0.478 e. The zero-order chi connectivity index (χ0) is 16.1. The van der Waals surface area contributed by atoms with Gasteiger partial charge >= 0.3 is 5.97 Å². The number of carbonyl (C=O) groups excluding carboxylic acids is 1. The molecule has 22 heavy (non-hydrogen) atoms. The highest BCUT2D eigenvalue weighted by atomic mass is 16.4. The van der Waals surface area contributed by atoms with E-state index >= 15 is 0 Å². The van der Waals surface area contributed by atoms with E-state index < -0.39 is 5.97 Å². The van der Waals surface area contributed by atoms with Gasteiger partial charge < -0.3 is 10.4 Å². The van der Waals surface area contributed by atoms with Crippen molar-refractivity contribution in [1.29, 1.82) is 0 Å². The Bertz CT molecular complexity index is 689. The maximum absolute atomic E-state index is 12.7. The summed E-state index contributed by atoms with van der Waals surface area (Å²) in [6.45, 7) is 6.38. The van der Waals surface area contributed by atoms with Crippen LogP contribution in [-0.4, -0.2) is 16.9 Å². The van der Waals surface area contributed by atoms with E-state index in [1.165, 1.54) is 0 Å². The van der Waals surface area contributed by atoms with Crippen LogP contribution in [0, 0.1) is 16.7 Å². The molecule has 0 aliphatic heterocycles. The van der Waals surface area contributed by atoms with Crippen LogP contribution in [0.3, 0.4) is 0 Å². The number of hydrogen-bond acceptors (Lipinski definition) is 3. The second kappa shape index (κ2) is 4.70. The summed E-state index contributed by atoms with van der Waals surface area (Å²) in [7, 11) is 0. The lowest BCUT2D eigenvalue weighted by Crippen LogP contribution is -2.32. The monoisotopic (exact) mass is 299 g/mol. The van der Waals surface area contributed by atoms with Crippen molar-refractivity contribution in [1.82, 2.24) is 0 Å². The van der Waals surface area contributed by atoms with Gasteiger partial charge in [-0.3, -0.25) is 4.79 Å². The third-order valence-corrected chi connectivity index (χ3v) is 5.91. The van der Waals surface area contributed by atoms with Crippen LogP contribution in [0.4, 0.5) is 5.69 Å². The van der Waals surface area contributed by atoms with Crippen molar-refractivity contribution in [2.75, 3.05) is 5.32 Å². The molecule has 2 N–H and O–H groups in total. The van der Waals surface area contributed by atoms with E-state index in [2.05, 4.69) is 26.1 Å². The lowest BCUT2D eigenvalue weighted by atomic mass is 9.70. The number of anilines is 1. The number of para-hydroxylation sites is 1. The van der Waals surface area contributed by atoms with Crippen molar-refractivity contribution < 1.29 is 14.7 Å². The van der Waals surface area contributed by atoms with E-state index in [1.54, 1.807) is 30.5 Å². The number of ketones is 1. The fourth-order valence-corrected chi connectivity index (χ4v) is 4.04. The van der Waals surface area contributed by atoms with Gasteiger partial charge in [-0.2, -0.15) is 0 Å². The van der Waals surface area contributed by atoms with E-state index in [9.17, 15) is 14.7 Å². The summed E-state index contributed by atoms with van der Waals surface area (Å²) in [5.74, 6) is -0.531. The fraction of sp³-hybridized carbons (Fsp3) is 0.444. The lowest BCUT2D eigenvalue weighted by Gasteiger charge is -2.31. The summed E-state index contributed by atoms with van der Waals surface area (Å²) in [6.07, 6.45) is 3.68. The van der Waals surface area contributed by atoms with Crippen molar-refractivity contribution in [3.63, 3.8) is 0 Å². The molecule has 2 aliphatic rings. The van der Waals surface area contributed by atoms with Gasteiger partial charge in [0, 0.05) is 17.2 Å². The Labute approximate surface area is 130 Å². The topological polar surface area (TPSA) is 66.4 Å². The Morgan fingerprint density at radius 2 is 2.00 bits per heavy atom. The SMILES string of the molecule is CC1(C)[C@H]2CC[C@]1(C)C(=O)/C2=C\Nc1ccccc1C(=O)O. The molecular weight excluding hydrogens is 278 g/mol. The number of benzene rings is 1. The number of carbonyl (C=O) groups is 2.